The fourth-order valence-electron chi connectivity index (χ4n) is 3.89. The molecule has 0 saturated carbocycles. The molecule has 1 fully saturated rings. The zero-order chi connectivity index (χ0) is 19.5. The maximum atomic E-state index is 12.1. The summed E-state index contributed by atoms with van der Waals surface area (Å²) in [7, 11) is 0. The molecule has 2 aromatic heterocycles. The van der Waals surface area contributed by atoms with Crippen LogP contribution in [-0.2, 0) is 11.2 Å². The zero-order valence-corrected chi connectivity index (χ0v) is 17.1. The number of nitrogens with zero attached hydrogens (tertiary/aromatic N) is 3. The second kappa shape index (κ2) is 8.43. The zero-order valence-electron chi connectivity index (χ0n) is 15.5. The van der Waals surface area contributed by atoms with E-state index in [-0.39, 0.29) is 0 Å². The molecule has 6 nitrogen and oxygen atoms in total. The fourth-order valence-corrected chi connectivity index (χ4v) is 4.25. The first-order valence-corrected chi connectivity index (χ1v) is 10.3. The third-order valence-electron chi connectivity index (χ3n) is 5.39. The molecular weight excluding hydrogens is 420 g/mol. The van der Waals surface area contributed by atoms with Crippen LogP contribution in [0.2, 0.25) is 0 Å². The van der Waals surface area contributed by atoms with Crippen LogP contribution in [-0.4, -0.2) is 63.6 Å². The number of hydrogen-bond acceptors (Lipinski definition) is 4. The highest BCUT2D eigenvalue weighted by molar-refractivity contribution is 9.10. The topological polar surface area (TPSA) is 72.5 Å². The number of benzene rings is 1. The van der Waals surface area contributed by atoms with E-state index in [9.17, 15) is 9.90 Å². The van der Waals surface area contributed by atoms with Crippen molar-refractivity contribution in [2.75, 3.05) is 32.7 Å². The quantitative estimate of drug-likeness (QED) is 0.612. The van der Waals surface area contributed by atoms with Gasteiger partial charge in [-0.3, -0.25) is 14.7 Å². The normalized spacial score (nSPS) is 17.0. The summed E-state index contributed by atoms with van der Waals surface area (Å²) in [6, 6.07) is 11.3. The third kappa shape index (κ3) is 4.11. The van der Waals surface area contributed by atoms with Crippen molar-refractivity contribution < 1.29 is 9.90 Å². The van der Waals surface area contributed by atoms with Gasteiger partial charge in [0.05, 0.1) is 0 Å². The van der Waals surface area contributed by atoms with Gasteiger partial charge in [-0.05, 0) is 30.3 Å². The fraction of sp³-hybridized carbons (Fsp3) is 0.333. The van der Waals surface area contributed by atoms with Gasteiger partial charge in [-0.1, -0.05) is 22.0 Å². The molecule has 1 saturated heterocycles. The Balaban J connectivity index is 1.44. The molecule has 4 rings (SSSR count). The predicted octanol–water partition coefficient (Wildman–Crippen LogP) is 3.31. The number of H-pyrrole nitrogens is 1. The summed E-state index contributed by atoms with van der Waals surface area (Å²) in [5.41, 5.74) is 2.88. The van der Waals surface area contributed by atoms with E-state index in [1.807, 2.05) is 48.8 Å². The van der Waals surface area contributed by atoms with Crippen LogP contribution in [0.5, 0.6) is 0 Å². The van der Waals surface area contributed by atoms with Crippen LogP contribution in [0.25, 0.3) is 10.9 Å². The highest BCUT2D eigenvalue weighted by Gasteiger charge is 2.32. The molecule has 7 heteroatoms. The molecule has 1 aromatic carbocycles. The second-order valence-corrected chi connectivity index (χ2v) is 8.04. The Hall–Kier alpha value is -2.22. The molecule has 3 aromatic rings. The lowest BCUT2D eigenvalue weighted by atomic mass is 10.0. The third-order valence-corrected chi connectivity index (χ3v) is 5.88. The standard InChI is InChI=1S/C21H23BrN4O2/c22-15-4-5-19-17(13-15)18(14-24-19)20(21(27)28)26-11-9-25(10-12-26)8-6-16-3-1-2-7-23-16/h1-5,7,13-14,20,24H,6,8-12H2,(H,27,28)/t20-/m1/s1. The van der Waals surface area contributed by atoms with Gasteiger partial charge in [-0.2, -0.15) is 0 Å². The van der Waals surface area contributed by atoms with Gasteiger partial charge in [0.25, 0.3) is 0 Å². The molecule has 1 aliphatic rings. The molecule has 1 aliphatic heterocycles. The Labute approximate surface area is 172 Å². The van der Waals surface area contributed by atoms with Crippen LogP contribution in [0.15, 0.2) is 53.3 Å². The molecule has 146 valence electrons. The summed E-state index contributed by atoms with van der Waals surface area (Å²) in [6.45, 7) is 4.15. The summed E-state index contributed by atoms with van der Waals surface area (Å²) >= 11 is 3.49. The molecule has 0 unspecified atom stereocenters. The monoisotopic (exact) mass is 442 g/mol. The van der Waals surface area contributed by atoms with Crippen LogP contribution in [0.1, 0.15) is 17.3 Å². The molecule has 0 radical (unpaired) electrons. The minimum Gasteiger partial charge on any atom is -0.480 e. The summed E-state index contributed by atoms with van der Waals surface area (Å²) in [5.74, 6) is -0.803. The lowest BCUT2D eigenvalue weighted by Crippen LogP contribution is -2.49. The smallest absolute Gasteiger partial charge is 0.325 e. The van der Waals surface area contributed by atoms with Crippen molar-refractivity contribution in [3.05, 3.63) is 64.5 Å². The van der Waals surface area contributed by atoms with Crippen molar-refractivity contribution in [2.24, 2.45) is 0 Å². The molecule has 0 spiro atoms. The number of carbonyl (C=O) groups is 1. The van der Waals surface area contributed by atoms with Gasteiger partial charge in [0.1, 0.15) is 6.04 Å². The van der Waals surface area contributed by atoms with E-state index in [0.29, 0.717) is 0 Å². The van der Waals surface area contributed by atoms with Crippen molar-refractivity contribution in [1.82, 2.24) is 19.8 Å². The van der Waals surface area contributed by atoms with Gasteiger partial charge >= 0.3 is 5.97 Å². The van der Waals surface area contributed by atoms with Crippen LogP contribution < -0.4 is 0 Å². The first kappa shape index (κ1) is 19.1. The molecular formula is C21H23BrN4O2. The van der Waals surface area contributed by atoms with Gasteiger partial charge in [0.2, 0.25) is 0 Å². The first-order chi connectivity index (χ1) is 13.6. The average molecular weight is 443 g/mol. The van der Waals surface area contributed by atoms with Crippen LogP contribution >= 0.6 is 15.9 Å². The highest BCUT2D eigenvalue weighted by atomic mass is 79.9. The van der Waals surface area contributed by atoms with Crippen molar-refractivity contribution in [1.29, 1.82) is 0 Å². The van der Waals surface area contributed by atoms with E-state index in [2.05, 4.69) is 35.7 Å². The van der Waals surface area contributed by atoms with Crippen LogP contribution in [0.4, 0.5) is 0 Å². The number of aromatic amines is 1. The lowest BCUT2D eigenvalue weighted by Gasteiger charge is -2.37. The summed E-state index contributed by atoms with van der Waals surface area (Å²) in [4.78, 5) is 24.2. The molecule has 3 heterocycles. The Bertz CT molecular complexity index is 951. The van der Waals surface area contributed by atoms with Gasteiger partial charge in [-0.15, -0.1) is 0 Å². The summed E-state index contributed by atoms with van der Waals surface area (Å²) in [6.07, 6.45) is 4.58. The summed E-state index contributed by atoms with van der Waals surface area (Å²) < 4.78 is 0.948. The average Bonchev–Trinajstić information content (AvgIpc) is 3.11. The lowest BCUT2D eigenvalue weighted by molar-refractivity contribution is -0.144. The van der Waals surface area contributed by atoms with Crippen molar-refractivity contribution in [3.8, 4) is 0 Å². The van der Waals surface area contributed by atoms with Crippen molar-refractivity contribution in [2.45, 2.75) is 12.5 Å². The second-order valence-electron chi connectivity index (χ2n) is 7.12. The number of halogens is 1. The molecule has 0 aliphatic carbocycles. The number of carboxylic acid groups (broad SMARTS) is 1. The van der Waals surface area contributed by atoms with E-state index in [1.165, 1.54) is 0 Å². The number of pyridine rings is 1. The minimum atomic E-state index is -0.803. The first-order valence-electron chi connectivity index (χ1n) is 9.47. The van der Waals surface area contributed by atoms with Gasteiger partial charge < -0.3 is 15.0 Å². The van der Waals surface area contributed by atoms with E-state index in [1.54, 1.807) is 0 Å². The molecule has 0 bridgehead atoms. The van der Waals surface area contributed by atoms with E-state index < -0.39 is 12.0 Å². The number of nitrogens with one attached hydrogen (secondary N) is 1. The van der Waals surface area contributed by atoms with Crippen molar-refractivity contribution in [3.63, 3.8) is 0 Å². The number of carboxylic acids is 1. The Morgan fingerprint density at radius 1 is 1.21 bits per heavy atom. The Morgan fingerprint density at radius 2 is 2.04 bits per heavy atom. The molecule has 28 heavy (non-hydrogen) atoms. The van der Waals surface area contributed by atoms with E-state index >= 15 is 0 Å². The number of rotatable bonds is 6. The van der Waals surface area contributed by atoms with Gasteiger partial charge in [0.15, 0.2) is 0 Å². The molecule has 2 N–H and O–H groups in total. The van der Waals surface area contributed by atoms with Gasteiger partial charge in [-0.25, -0.2) is 0 Å². The van der Waals surface area contributed by atoms with Crippen LogP contribution in [0, 0.1) is 0 Å². The van der Waals surface area contributed by atoms with E-state index in [0.717, 1.165) is 65.8 Å². The number of aromatic nitrogens is 2. The Morgan fingerprint density at radius 3 is 2.75 bits per heavy atom. The Kier molecular flexibility index (Phi) is 5.75. The largest absolute Gasteiger partial charge is 0.480 e. The highest BCUT2D eigenvalue weighted by Crippen LogP contribution is 2.31. The summed E-state index contributed by atoms with van der Waals surface area (Å²) in [5, 5.41) is 10.9. The molecule has 0 amide bonds. The number of aliphatic carboxylic acids is 1. The van der Waals surface area contributed by atoms with Crippen molar-refractivity contribution >= 4 is 32.8 Å². The predicted molar refractivity (Wildman–Crippen MR) is 112 cm³/mol. The number of fused-ring (bicyclic) bond motifs is 1. The van der Waals surface area contributed by atoms with Crippen LogP contribution in [0.3, 0.4) is 0 Å². The maximum Gasteiger partial charge on any atom is 0.325 e. The number of piperazine rings is 1. The SMILES string of the molecule is O=C(O)[C@@H](c1c[nH]c2ccc(Br)cc12)N1CCN(CCc2ccccn2)CC1. The van der Waals surface area contributed by atoms with Gasteiger partial charge in [0, 0.05) is 78.2 Å². The minimum absolute atomic E-state index is 0.638. The van der Waals surface area contributed by atoms with E-state index in [4.69, 9.17) is 0 Å². The number of hydrogen-bond donors (Lipinski definition) is 2. The molecule has 1 atom stereocenters. The maximum absolute atomic E-state index is 12.1.